The molecule has 17 heavy (non-hydrogen) atoms. The minimum atomic E-state index is -0.506. The van der Waals surface area contributed by atoms with Crippen molar-refractivity contribution in [3.05, 3.63) is 23.8 Å². The summed E-state index contributed by atoms with van der Waals surface area (Å²) in [6, 6.07) is 5.88. The van der Waals surface area contributed by atoms with Crippen molar-refractivity contribution in [3.63, 3.8) is 0 Å². The van der Waals surface area contributed by atoms with Gasteiger partial charge in [-0.15, -0.1) is 11.8 Å². The third kappa shape index (κ3) is 4.22. The van der Waals surface area contributed by atoms with E-state index in [1.165, 1.54) is 0 Å². The van der Waals surface area contributed by atoms with Gasteiger partial charge in [-0.05, 0) is 33.2 Å². The van der Waals surface area contributed by atoms with E-state index in [2.05, 4.69) is 19.0 Å². The van der Waals surface area contributed by atoms with Crippen LogP contribution in [0.5, 0.6) is 5.75 Å². The summed E-state index contributed by atoms with van der Waals surface area (Å²) in [5.41, 5.74) is 0.888. The van der Waals surface area contributed by atoms with Crippen molar-refractivity contribution in [1.29, 1.82) is 0 Å². The minimum Gasteiger partial charge on any atom is -0.496 e. The molecule has 96 valence electrons. The second-order valence-electron chi connectivity index (χ2n) is 4.20. The molecule has 1 aromatic rings. The highest BCUT2D eigenvalue weighted by atomic mass is 32.2. The molecule has 4 heteroatoms. The molecule has 0 aromatic heterocycles. The largest absolute Gasteiger partial charge is 0.496 e. The molecular weight excluding hydrogens is 234 g/mol. The van der Waals surface area contributed by atoms with Gasteiger partial charge < -0.3 is 14.7 Å². The molecule has 1 aromatic carbocycles. The molecule has 1 rings (SSSR count). The molecule has 3 nitrogen and oxygen atoms in total. The van der Waals surface area contributed by atoms with Crippen molar-refractivity contribution in [3.8, 4) is 5.75 Å². The van der Waals surface area contributed by atoms with E-state index in [1.54, 1.807) is 25.8 Å². The molecule has 1 atom stereocenters. The van der Waals surface area contributed by atoms with Crippen LogP contribution in [0.2, 0.25) is 0 Å². The number of hydrogen-bond donors (Lipinski definition) is 1. The summed E-state index contributed by atoms with van der Waals surface area (Å²) in [6.45, 7) is 2.79. The van der Waals surface area contributed by atoms with Crippen LogP contribution >= 0.6 is 11.8 Å². The Morgan fingerprint density at radius 2 is 2.12 bits per heavy atom. The molecule has 0 radical (unpaired) electrons. The van der Waals surface area contributed by atoms with Crippen LogP contribution in [0.15, 0.2) is 23.1 Å². The summed E-state index contributed by atoms with van der Waals surface area (Å²) in [6.07, 6.45) is -0.506. The van der Waals surface area contributed by atoms with Gasteiger partial charge in [0.1, 0.15) is 5.75 Å². The van der Waals surface area contributed by atoms with Gasteiger partial charge in [0.15, 0.2) is 0 Å². The van der Waals surface area contributed by atoms with Gasteiger partial charge in [0.2, 0.25) is 0 Å². The first-order chi connectivity index (χ1) is 8.06. The predicted octanol–water partition coefficient (Wildman–Crippen LogP) is 2.40. The Balaban J connectivity index is 2.83. The first-order valence-corrected chi connectivity index (χ1v) is 6.67. The minimum absolute atomic E-state index is 0.506. The van der Waals surface area contributed by atoms with Crippen molar-refractivity contribution in [2.24, 2.45) is 0 Å². The van der Waals surface area contributed by atoms with Gasteiger partial charge in [0, 0.05) is 22.8 Å². The van der Waals surface area contributed by atoms with Crippen molar-refractivity contribution in [2.75, 3.05) is 33.5 Å². The predicted molar refractivity (Wildman–Crippen MR) is 72.9 cm³/mol. The number of rotatable bonds is 6. The van der Waals surface area contributed by atoms with Gasteiger partial charge in [-0.3, -0.25) is 0 Å². The van der Waals surface area contributed by atoms with Crippen LogP contribution in [0.3, 0.4) is 0 Å². The van der Waals surface area contributed by atoms with Crippen LogP contribution in [0.4, 0.5) is 0 Å². The maximum atomic E-state index is 9.82. The summed E-state index contributed by atoms with van der Waals surface area (Å²) in [7, 11) is 5.75. The van der Waals surface area contributed by atoms with Crippen LogP contribution in [-0.2, 0) is 0 Å². The first kappa shape index (κ1) is 14.4. The molecule has 0 aliphatic heterocycles. The van der Waals surface area contributed by atoms with Crippen molar-refractivity contribution >= 4 is 11.8 Å². The zero-order valence-electron chi connectivity index (χ0n) is 10.9. The number of benzene rings is 1. The van der Waals surface area contributed by atoms with E-state index >= 15 is 0 Å². The Morgan fingerprint density at radius 1 is 1.41 bits per heavy atom. The molecule has 0 saturated heterocycles. The van der Waals surface area contributed by atoms with E-state index in [0.29, 0.717) is 0 Å². The highest BCUT2D eigenvalue weighted by molar-refractivity contribution is 7.99. The topological polar surface area (TPSA) is 32.7 Å². The van der Waals surface area contributed by atoms with Crippen molar-refractivity contribution in [2.45, 2.75) is 17.9 Å². The molecular formula is C13H21NO2S. The van der Waals surface area contributed by atoms with Crippen LogP contribution < -0.4 is 4.74 Å². The van der Waals surface area contributed by atoms with Crippen LogP contribution in [0.1, 0.15) is 18.6 Å². The molecule has 0 fully saturated rings. The second kappa shape index (κ2) is 6.89. The quantitative estimate of drug-likeness (QED) is 0.791. The lowest BCUT2D eigenvalue weighted by molar-refractivity contribution is 0.191. The maximum Gasteiger partial charge on any atom is 0.125 e. The van der Waals surface area contributed by atoms with E-state index in [0.717, 1.165) is 28.5 Å². The summed E-state index contributed by atoms with van der Waals surface area (Å²) >= 11 is 1.75. The number of aliphatic hydroxyl groups is 1. The lowest BCUT2D eigenvalue weighted by Crippen LogP contribution is -2.14. The molecule has 0 unspecified atom stereocenters. The van der Waals surface area contributed by atoms with Gasteiger partial charge in [-0.1, -0.05) is 6.07 Å². The number of methoxy groups -OCH3 is 1. The van der Waals surface area contributed by atoms with Gasteiger partial charge in [0.25, 0.3) is 0 Å². The van der Waals surface area contributed by atoms with Crippen LogP contribution in [0, 0.1) is 0 Å². The van der Waals surface area contributed by atoms with E-state index < -0.39 is 6.10 Å². The average molecular weight is 255 g/mol. The van der Waals surface area contributed by atoms with Gasteiger partial charge >= 0.3 is 0 Å². The summed E-state index contributed by atoms with van der Waals surface area (Å²) in [4.78, 5) is 3.25. The standard InChI is InChI=1S/C13H21NO2S/c1-10(15)13-11(16-4)6-5-7-12(13)17-9-8-14(2)3/h5-7,10,15H,8-9H2,1-4H3/t10-/m1/s1. The van der Waals surface area contributed by atoms with Crippen molar-refractivity contribution in [1.82, 2.24) is 4.90 Å². The van der Waals surface area contributed by atoms with E-state index in [1.807, 2.05) is 18.2 Å². The molecule has 0 spiro atoms. The monoisotopic (exact) mass is 255 g/mol. The average Bonchev–Trinajstić information content (AvgIpc) is 2.27. The van der Waals surface area contributed by atoms with E-state index in [9.17, 15) is 5.11 Å². The van der Waals surface area contributed by atoms with Gasteiger partial charge in [-0.25, -0.2) is 0 Å². The van der Waals surface area contributed by atoms with E-state index in [-0.39, 0.29) is 0 Å². The smallest absolute Gasteiger partial charge is 0.125 e. The second-order valence-corrected chi connectivity index (χ2v) is 5.34. The zero-order valence-corrected chi connectivity index (χ0v) is 11.8. The van der Waals surface area contributed by atoms with Gasteiger partial charge in [-0.2, -0.15) is 0 Å². The number of nitrogens with zero attached hydrogens (tertiary/aromatic N) is 1. The number of aliphatic hydroxyl groups excluding tert-OH is 1. The molecule has 0 aliphatic carbocycles. The SMILES string of the molecule is COc1cccc(SCCN(C)C)c1[C@@H](C)O. The molecule has 0 saturated carbocycles. The third-order valence-corrected chi connectivity index (χ3v) is 3.51. The van der Waals surface area contributed by atoms with Crippen LogP contribution in [0.25, 0.3) is 0 Å². The zero-order chi connectivity index (χ0) is 12.8. The first-order valence-electron chi connectivity index (χ1n) is 5.68. The lowest BCUT2D eigenvalue weighted by Gasteiger charge is -2.16. The maximum absolute atomic E-state index is 9.82. The third-order valence-electron chi connectivity index (χ3n) is 2.46. The lowest BCUT2D eigenvalue weighted by atomic mass is 10.1. The number of ether oxygens (including phenoxy) is 1. The van der Waals surface area contributed by atoms with Crippen molar-refractivity contribution < 1.29 is 9.84 Å². The fraction of sp³-hybridized carbons (Fsp3) is 0.538. The Kier molecular flexibility index (Phi) is 5.82. The normalized spacial score (nSPS) is 12.8. The highest BCUT2D eigenvalue weighted by Crippen LogP contribution is 2.34. The van der Waals surface area contributed by atoms with Crippen LogP contribution in [-0.4, -0.2) is 43.5 Å². The molecule has 0 heterocycles. The molecule has 1 N–H and O–H groups in total. The molecule has 0 amide bonds. The molecule has 0 aliphatic rings. The van der Waals surface area contributed by atoms with Gasteiger partial charge in [0.05, 0.1) is 13.2 Å². The fourth-order valence-electron chi connectivity index (χ4n) is 1.58. The number of thioether (sulfide) groups is 1. The fourth-order valence-corrected chi connectivity index (χ4v) is 2.86. The highest BCUT2D eigenvalue weighted by Gasteiger charge is 2.14. The Hall–Kier alpha value is -0.710. The summed E-state index contributed by atoms with van der Waals surface area (Å²) in [5, 5.41) is 9.82. The Morgan fingerprint density at radius 3 is 2.65 bits per heavy atom. The Labute approximate surface area is 108 Å². The Bertz CT molecular complexity index is 353. The summed E-state index contributed by atoms with van der Waals surface area (Å²) < 4.78 is 5.29. The molecule has 0 bridgehead atoms. The number of hydrogen-bond acceptors (Lipinski definition) is 4. The van der Waals surface area contributed by atoms with E-state index in [4.69, 9.17) is 4.74 Å². The summed E-state index contributed by atoms with van der Waals surface area (Å²) in [5.74, 6) is 1.76.